The lowest BCUT2D eigenvalue weighted by atomic mass is 10.0. The van der Waals surface area contributed by atoms with E-state index in [1.165, 1.54) is 89.9 Å². The predicted molar refractivity (Wildman–Crippen MR) is 119 cm³/mol. The summed E-state index contributed by atoms with van der Waals surface area (Å²) >= 11 is 0. The van der Waals surface area contributed by atoms with Crippen LogP contribution < -0.4 is 4.89 Å². The van der Waals surface area contributed by atoms with Crippen LogP contribution in [0, 0.1) is 0 Å². The molecular formula is C22H46O6P+. The summed E-state index contributed by atoms with van der Waals surface area (Å²) in [5.74, 6) is 0. The van der Waals surface area contributed by atoms with Crippen LogP contribution in [0.4, 0.5) is 0 Å². The fraction of sp³-hybridized carbons (Fsp3) is 0.909. The summed E-state index contributed by atoms with van der Waals surface area (Å²) in [5.41, 5.74) is 0. The van der Waals surface area contributed by atoms with Crippen molar-refractivity contribution in [1.82, 2.24) is 0 Å². The minimum Gasteiger partial charge on any atom is -0.567 e. The molecule has 29 heavy (non-hydrogen) atoms. The van der Waals surface area contributed by atoms with Gasteiger partial charge in [-0.05, 0) is 23.5 Å². The van der Waals surface area contributed by atoms with E-state index in [0.717, 1.165) is 6.42 Å². The summed E-state index contributed by atoms with van der Waals surface area (Å²) < 4.78 is 19.1. The maximum absolute atomic E-state index is 8.59. The molecule has 0 radical (unpaired) electrons. The van der Waals surface area contributed by atoms with E-state index in [4.69, 9.17) is 28.9 Å². The highest BCUT2D eigenvalue weighted by atomic mass is 31.1. The van der Waals surface area contributed by atoms with Crippen LogP contribution in [0.5, 0.6) is 0 Å². The molecule has 0 aromatic rings. The Morgan fingerprint density at radius 1 is 0.828 bits per heavy atom. The van der Waals surface area contributed by atoms with Gasteiger partial charge in [0.2, 0.25) is 0 Å². The molecule has 0 aliphatic rings. The molecule has 1 unspecified atom stereocenters. The fourth-order valence-electron chi connectivity index (χ4n) is 2.94. The van der Waals surface area contributed by atoms with Gasteiger partial charge in [-0.25, -0.2) is 0 Å². The smallest absolute Gasteiger partial charge is 0.485 e. The molecule has 0 aromatic carbocycles. The first kappa shape index (κ1) is 30.7. The Labute approximate surface area is 179 Å². The van der Waals surface area contributed by atoms with Crippen molar-refractivity contribution < 1.29 is 28.9 Å². The minimum absolute atomic E-state index is 0.328. The average molecular weight is 438 g/mol. The molecule has 174 valence electrons. The van der Waals surface area contributed by atoms with Gasteiger partial charge in [-0.1, -0.05) is 90.4 Å². The van der Waals surface area contributed by atoms with Crippen molar-refractivity contribution in [3.05, 3.63) is 12.3 Å². The van der Waals surface area contributed by atoms with E-state index < -0.39 is 8.25 Å². The monoisotopic (exact) mass is 437 g/mol. The third-order valence-corrected chi connectivity index (χ3v) is 4.51. The van der Waals surface area contributed by atoms with Crippen LogP contribution in [0.1, 0.15) is 103 Å². The first-order valence-corrected chi connectivity index (χ1v) is 12.6. The molecule has 6 nitrogen and oxygen atoms in total. The largest absolute Gasteiger partial charge is 0.567 e. The van der Waals surface area contributed by atoms with E-state index in [0.29, 0.717) is 26.4 Å². The van der Waals surface area contributed by atoms with Crippen LogP contribution in [0.2, 0.25) is 0 Å². The molecule has 3 N–H and O–H groups in total. The van der Waals surface area contributed by atoms with Gasteiger partial charge in [-0.2, -0.15) is 4.89 Å². The van der Waals surface area contributed by atoms with E-state index in [-0.39, 0.29) is 0 Å². The van der Waals surface area contributed by atoms with Crippen molar-refractivity contribution in [1.29, 1.82) is 0 Å². The van der Waals surface area contributed by atoms with Crippen LogP contribution >= 0.6 is 8.25 Å². The number of unbranched alkanes of at least 4 members (excludes halogenated alkanes) is 14. The maximum Gasteiger partial charge on any atom is 0.485 e. The van der Waals surface area contributed by atoms with Crippen LogP contribution in [0.25, 0.3) is 0 Å². The fourth-order valence-corrected chi connectivity index (χ4v) is 2.94. The predicted octanol–water partition coefficient (Wildman–Crippen LogP) is 5.13. The molecule has 0 saturated heterocycles. The maximum atomic E-state index is 8.59. The lowest BCUT2D eigenvalue weighted by Crippen LogP contribution is -2.04. The van der Waals surface area contributed by atoms with Gasteiger partial charge >= 0.3 is 8.25 Å². The molecule has 1 atom stereocenters. The summed E-state index contributed by atoms with van der Waals surface area (Å²) in [7, 11) is -3.12. The molecule has 0 spiro atoms. The number of hydrogen-bond acceptors (Lipinski definition) is 4. The summed E-state index contributed by atoms with van der Waals surface area (Å²) in [4.78, 5) is 15.6. The normalized spacial score (nSPS) is 11.4. The van der Waals surface area contributed by atoms with Gasteiger partial charge in [0.1, 0.15) is 13.2 Å². The van der Waals surface area contributed by atoms with Crippen molar-refractivity contribution in [2.45, 2.75) is 103 Å². The second-order valence-electron chi connectivity index (χ2n) is 7.23. The molecule has 0 heterocycles. The van der Waals surface area contributed by atoms with Gasteiger partial charge in [-0.15, -0.1) is 0 Å². The third-order valence-electron chi connectivity index (χ3n) is 4.51. The van der Waals surface area contributed by atoms with Crippen LogP contribution in [-0.4, -0.2) is 36.4 Å². The van der Waals surface area contributed by atoms with E-state index >= 15 is 0 Å². The Hall–Kier alpha value is -0.520. The molecule has 0 bridgehead atoms. The topological polar surface area (TPSA) is 102 Å². The average Bonchev–Trinajstić information content (AvgIpc) is 2.69. The zero-order chi connectivity index (χ0) is 21.8. The van der Waals surface area contributed by atoms with Crippen molar-refractivity contribution in [3.63, 3.8) is 0 Å². The summed E-state index contributed by atoms with van der Waals surface area (Å²) in [6.07, 6.45) is 24.8. The summed E-state index contributed by atoms with van der Waals surface area (Å²) in [6.45, 7) is 4.30. The first-order valence-electron chi connectivity index (χ1n) is 11.5. The zero-order valence-corrected chi connectivity index (χ0v) is 19.5. The second-order valence-corrected chi connectivity index (χ2v) is 7.70. The molecule has 0 amide bonds. The molecule has 7 heteroatoms. The minimum atomic E-state index is -3.12. The van der Waals surface area contributed by atoms with E-state index in [9.17, 15) is 0 Å². The molecular weight excluding hydrogens is 391 g/mol. The standard InChI is InChI=1S/C22H44O3.HO3P/c1-2-3-4-5-6-7-8-9-10-11-12-13-14-15-16-17-19-24-21-22-25-20-18-23;1-4(2)3/h17,19,23H,2-16,18,20-22H2,1H3;(H,1,2,3)/p+1. The van der Waals surface area contributed by atoms with Gasteiger partial charge in [0, 0.05) is 0 Å². The van der Waals surface area contributed by atoms with Gasteiger partial charge in [0.05, 0.1) is 12.9 Å². The Morgan fingerprint density at radius 3 is 1.72 bits per heavy atom. The van der Waals surface area contributed by atoms with Gasteiger partial charge in [0.15, 0.2) is 6.61 Å². The highest BCUT2D eigenvalue weighted by Gasteiger charge is 1.94. The van der Waals surface area contributed by atoms with Crippen molar-refractivity contribution in [3.8, 4) is 0 Å². The Kier molecular flexibility index (Phi) is 31.4. The van der Waals surface area contributed by atoms with E-state index in [1.807, 2.05) is 0 Å². The zero-order valence-electron chi connectivity index (χ0n) is 18.6. The van der Waals surface area contributed by atoms with E-state index in [1.54, 1.807) is 6.26 Å². The number of hydrogen-bond donors (Lipinski definition) is 1. The highest BCUT2D eigenvalue weighted by Crippen LogP contribution is 2.13. The molecule has 0 rings (SSSR count). The van der Waals surface area contributed by atoms with Crippen molar-refractivity contribution in [2.75, 3.05) is 26.4 Å². The third kappa shape index (κ3) is 38.7. The van der Waals surface area contributed by atoms with Gasteiger partial charge in [-0.3, -0.25) is 0 Å². The molecule has 0 aromatic heterocycles. The van der Waals surface area contributed by atoms with Crippen molar-refractivity contribution >= 4 is 8.25 Å². The molecule has 0 fully saturated rings. The summed E-state index contributed by atoms with van der Waals surface area (Å²) in [6, 6.07) is 0. The van der Waals surface area contributed by atoms with Crippen LogP contribution in [0.3, 0.4) is 0 Å². The highest BCUT2D eigenvalue weighted by molar-refractivity contribution is 7.29. The number of allylic oxidation sites excluding steroid dienone is 1. The Morgan fingerprint density at radius 2 is 1.28 bits per heavy atom. The van der Waals surface area contributed by atoms with Crippen molar-refractivity contribution in [2.24, 2.45) is 0 Å². The molecule has 0 aliphatic heterocycles. The van der Waals surface area contributed by atoms with Crippen LogP contribution in [0.15, 0.2) is 12.3 Å². The Bertz CT molecular complexity index is 335. The molecule has 0 aliphatic carbocycles. The molecule has 0 saturated carbocycles. The Balaban J connectivity index is 0. The van der Waals surface area contributed by atoms with E-state index in [2.05, 4.69) is 13.0 Å². The lowest BCUT2D eigenvalue weighted by Gasteiger charge is -2.03. The SMILES string of the molecule is CCCCCCCCCCCCCCCCC=COCCOCC[OH2+].O=[P+]([O-])O. The van der Waals surface area contributed by atoms with Crippen LogP contribution in [-0.2, 0) is 14.0 Å². The lowest BCUT2D eigenvalue weighted by molar-refractivity contribution is -0.180. The summed E-state index contributed by atoms with van der Waals surface area (Å²) in [5, 5.41) is 6.94. The number of rotatable bonds is 21. The number of ether oxygens (including phenoxy) is 2. The first-order chi connectivity index (χ1) is 14.1. The van der Waals surface area contributed by atoms with Gasteiger partial charge in [0.25, 0.3) is 0 Å². The quantitative estimate of drug-likeness (QED) is 0.116. The van der Waals surface area contributed by atoms with Gasteiger partial charge < -0.3 is 19.5 Å². The second kappa shape index (κ2) is 29.7.